The number of ether oxygens (including phenoxy) is 2. The lowest BCUT2D eigenvalue weighted by Crippen LogP contribution is -2.13. The number of thiazole rings is 1. The largest absolute Gasteiger partial charge is 0.494 e. The normalized spacial score (nSPS) is 11.6. The summed E-state index contributed by atoms with van der Waals surface area (Å²) in [5.74, 6) is 1.34. The molecule has 0 radical (unpaired) electrons. The van der Waals surface area contributed by atoms with E-state index in [4.69, 9.17) is 26.3 Å². The number of para-hydroxylation sites is 1. The highest BCUT2D eigenvalue weighted by molar-refractivity contribution is 7.14. The molecule has 0 N–H and O–H groups in total. The summed E-state index contributed by atoms with van der Waals surface area (Å²) in [5.41, 5.74) is 2.12. The summed E-state index contributed by atoms with van der Waals surface area (Å²) < 4.78 is 11.5. The van der Waals surface area contributed by atoms with Gasteiger partial charge in [-0.3, -0.25) is 4.79 Å². The van der Waals surface area contributed by atoms with E-state index < -0.39 is 5.38 Å². The van der Waals surface area contributed by atoms with E-state index in [1.54, 1.807) is 6.07 Å². The van der Waals surface area contributed by atoms with E-state index in [0.717, 1.165) is 35.6 Å². The van der Waals surface area contributed by atoms with Gasteiger partial charge in [-0.15, -0.1) is 22.9 Å². The van der Waals surface area contributed by atoms with Crippen LogP contribution in [0.1, 0.15) is 52.8 Å². The summed E-state index contributed by atoms with van der Waals surface area (Å²) in [6.07, 6.45) is 3.35. The molecule has 0 saturated heterocycles. The fourth-order valence-electron chi connectivity index (χ4n) is 3.26. The Hall–Kier alpha value is -2.88. The Bertz CT molecular complexity index is 1110. The molecule has 1 heterocycles. The lowest BCUT2D eigenvalue weighted by atomic mass is 10.1. The van der Waals surface area contributed by atoms with E-state index in [2.05, 4.69) is 11.1 Å². The molecule has 0 aliphatic rings. The lowest BCUT2D eigenvalue weighted by molar-refractivity contribution is 0.0990. The standard InChI is InChI=1S/C26H27ClN2O3S/c1-3-22(27)25(30)26-24(29-18(2)33-26)19-11-13-21(14-12-19)31-15-7-4-8-16-32-23-10-6-5-9-20(23)17-28/h5-6,9-14,22H,3-4,7-8,15-16H2,1-2H3. The molecule has 5 nitrogen and oxygen atoms in total. The Balaban J connectivity index is 1.44. The van der Waals surface area contributed by atoms with Crippen LogP contribution in [0.4, 0.5) is 0 Å². The van der Waals surface area contributed by atoms with Crippen LogP contribution in [0.15, 0.2) is 48.5 Å². The number of hydrogen-bond acceptors (Lipinski definition) is 6. The van der Waals surface area contributed by atoms with Crippen molar-refractivity contribution < 1.29 is 14.3 Å². The minimum Gasteiger partial charge on any atom is -0.494 e. The summed E-state index contributed by atoms with van der Waals surface area (Å²) in [4.78, 5) is 17.8. The fourth-order valence-corrected chi connectivity index (χ4v) is 4.37. The molecule has 2 aromatic carbocycles. The molecule has 0 bridgehead atoms. The van der Waals surface area contributed by atoms with Crippen molar-refractivity contribution in [3.63, 3.8) is 0 Å². The third-order valence-corrected chi connectivity index (χ3v) is 6.54. The molecule has 1 atom stereocenters. The molecule has 3 aromatic rings. The summed E-state index contributed by atoms with van der Waals surface area (Å²) >= 11 is 7.57. The van der Waals surface area contributed by atoms with Crippen molar-refractivity contribution >= 4 is 28.7 Å². The van der Waals surface area contributed by atoms with Crippen LogP contribution in [0.3, 0.4) is 0 Å². The lowest BCUT2D eigenvalue weighted by Gasteiger charge is -2.09. The number of unbranched alkanes of at least 4 members (excludes halogenated alkanes) is 2. The number of ketones is 1. The van der Waals surface area contributed by atoms with E-state index in [-0.39, 0.29) is 5.78 Å². The molecule has 0 aliphatic heterocycles. The number of halogens is 1. The molecule has 0 fully saturated rings. The molecule has 0 aliphatic carbocycles. The second-order valence-corrected chi connectivity index (χ2v) is 9.27. The maximum atomic E-state index is 12.6. The van der Waals surface area contributed by atoms with Crippen molar-refractivity contribution in [2.24, 2.45) is 0 Å². The zero-order valence-corrected chi connectivity index (χ0v) is 20.4. The van der Waals surface area contributed by atoms with Gasteiger partial charge in [-0.2, -0.15) is 5.26 Å². The van der Waals surface area contributed by atoms with Crippen molar-refractivity contribution in [3.05, 3.63) is 64.0 Å². The number of alkyl halides is 1. The first-order valence-electron chi connectivity index (χ1n) is 11.0. The van der Waals surface area contributed by atoms with E-state index in [0.29, 0.717) is 41.5 Å². The van der Waals surface area contributed by atoms with Crippen molar-refractivity contribution in [3.8, 4) is 28.8 Å². The van der Waals surface area contributed by atoms with Crippen LogP contribution in [0, 0.1) is 18.3 Å². The highest BCUT2D eigenvalue weighted by Crippen LogP contribution is 2.31. The van der Waals surface area contributed by atoms with Crippen LogP contribution in [-0.4, -0.2) is 29.4 Å². The minimum atomic E-state index is -0.530. The Morgan fingerprint density at radius 3 is 2.48 bits per heavy atom. The number of rotatable bonds is 12. The van der Waals surface area contributed by atoms with Gasteiger partial charge in [0.05, 0.1) is 39.7 Å². The maximum Gasteiger partial charge on any atom is 0.192 e. The zero-order chi connectivity index (χ0) is 23.6. The van der Waals surface area contributed by atoms with Crippen molar-refractivity contribution in [2.75, 3.05) is 13.2 Å². The molecule has 172 valence electrons. The van der Waals surface area contributed by atoms with Crippen LogP contribution >= 0.6 is 22.9 Å². The second kappa shape index (κ2) is 12.4. The van der Waals surface area contributed by atoms with E-state index >= 15 is 0 Å². The Morgan fingerprint density at radius 1 is 1.09 bits per heavy atom. The van der Waals surface area contributed by atoms with Crippen LogP contribution in [-0.2, 0) is 0 Å². The predicted octanol–water partition coefficient (Wildman–Crippen LogP) is 6.82. The van der Waals surface area contributed by atoms with Crippen molar-refractivity contribution in [1.29, 1.82) is 5.26 Å². The number of carbonyl (C=O) groups excluding carboxylic acids is 1. The quantitative estimate of drug-likeness (QED) is 0.161. The number of hydrogen-bond donors (Lipinski definition) is 0. The summed E-state index contributed by atoms with van der Waals surface area (Å²) in [6, 6.07) is 17.0. The van der Waals surface area contributed by atoms with Gasteiger partial charge in [0.25, 0.3) is 0 Å². The number of benzene rings is 2. The minimum absolute atomic E-state index is 0.0693. The van der Waals surface area contributed by atoms with Crippen molar-refractivity contribution in [1.82, 2.24) is 4.98 Å². The van der Waals surface area contributed by atoms with Gasteiger partial charge in [-0.05, 0) is 69.0 Å². The average molecular weight is 483 g/mol. The third kappa shape index (κ3) is 6.80. The molecule has 7 heteroatoms. The van der Waals surface area contributed by atoms with Gasteiger partial charge < -0.3 is 9.47 Å². The van der Waals surface area contributed by atoms with E-state index in [1.165, 1.54) is 11.3 Å². The van der Waals surface area contributed by atoms with Crippen LogP contribution in [0.2, 0.25) is 0 Å². The Kier molecular flexibility index (Phi) is 9.29. The summed E-state index contributed by atoms with van der Waals surface area (Å²) in [6.45, 7) is 4.97. The van der Waals surface area contributed by atoms with Gasteiger partial charge in [-0.25, -0.2) is 4.98 Å². The molecule has 0 saturated carbocycles. The second-order valence-electron chi connectivity index (χ2n) is 7.54. The zero-order valence-electron chi connectivity index (χ0n) is 18.8. The topological polar surface area (TPSA) is 72.2 Å². The first-order chi connectivity index (χ1) is 16.0. The molecule has 0 amide bonds. The highest BCUT2D eigenvalue weighted by Gasteiger charge is 2.23. The van der Waals surface area contributed by atoms with Gasteiger partial charge in [0.2, 0.25) is 0 Å². The Labute approximate surface area is 204 Å². The van der Waals surface area contributed by atoms with E-state index in [9.17, 15) is 4.79 Å². The van der Waals surface area contributed by atoms with Crippen LogP contribution in [0.5, 0.6) is 11.5 Å². The Morgan fingerprint density at radius 2 is 1.79 bits per heavy atom. The smallest absolute Gasteiger partial charge is 0.192 e. The number of aromatic nitrogens is 1. The maximum absolute atomic E-state index is 12.6. The number of carbonyl (C=O) groups is 1. The average Bonchev–Trinajstić information content (AvgIpc) is 3.24. The van der Waals surface area contributed by atoms with E-state index in [1.807, 2.05) is 56.3 Å². The first kappa shape index (κ1) is 24.8. The summed E-state index contributed by atoms with van der Waals surface area (Å²) in [5, 5.41) is 9.39. The van der Waals surface area contributed by atoms with Crippen LogP contribution in [0.25, 0.3) is 11.3 Å². The van der Waals surface area contributed by atoms with Gasteiger partial charge in [0.1, 0.15) is 17.6 Å². The van der Waals surface area contributed by atoms with Crippen LogP contribution < -0.4 is 9.47 Å². The number of Topliss-reactive ketones (excluding diaryl/α,β-unsaturated/α-hetero) is 1. The van der Waals surface area contributed by atoms with Gasteiger partial charge in [-0.1, -0.05) is 19.1 Å². The molecular weight excluding hydrogens is 456 g/mol. The number of nitriles is 1. The SMILES string of the molecule is CCC(Cl)C(=O)c1sc(C)nc1-c1ccc(OCCCCCOc2ccccc2C#N)cc1. The fraction of sp³-hybridized carbons (Fsp3) is 0.346. The summed E-state index contributed by atoms with van der Waals surface area (Å²) in [7, 11) is 0. The number of nitrogens with zero attached hydrogens (tertiary/aromatic N) is 2. The monoisotopic (exact) mass is 482 g/mol. The third-order valence-electron chi connectivity index (χ3n) is 5.05. The molecule has 3 rings (SSSR count). The molecule has 1 unspecified atom stereocenters. The van der Waals surface area contributed by atoms with Crippen molar-refractivity contribution in [2.45, 2.75) is 44.9 Å². The first-order valence-corrected chi connectivity index (χ1v) is 12.3. The van der Waals surface area contributed by atoms with Gasteiger partial charge in [0, 0.05) is 5.56 Å². The van der Waals surface area contributed by atoms with Gasteiger partial charge >= 0.3 is 0 Å². The molecule has 33 heavy (non-hydrogen) atoms. The molecule has 0 spiro atoms. The van der Waals surface area contributed by atoms with Gasteiger partial charge in [0.15, 0.2) is 5.78 Å². The highest BCUT2D eigenvalue weighted by atomic mass is 35.5. The predicted molar refractivity (Wildman–Crippen MR) is 133 cm³/mol. The number of aryl methyl sites for hydroxylation is 1. The molecular formula is C26H27ClN2O3S. The molecule has 1 aromatic heterocycles.